The molecule has 1 aromatic heterocycles. The van der Waals surface area contributed by atoms with Crippen LogP contribution in [0.15, 0.2) is 30.6 Å². The standard InChI is InChI=1S/C9H7Cl2N3/c10-5-9-12-6-13-14(9)8-3-1-2-7(11)4-8/h1-4,6H,5H2. The molecule has 0 saturated carbocycles. The van der Waals surface area contributed by atoms with Gasteiger partial charge in [0.2, 0.25) is 0 Å². The van der Waals surface area contributed by atoms with E-state index in [-0.39, 0.29) is 0 Å². The Bertz CT molecular complexity index is 439. The van der Waals surface area contributed by atoms with Gasteiger partial charge in [0.25, 0.3) is 0 Å². The molecule has 1 aromatic carbocycles. The van der Waals surface area contributed by atoms with Crippen LogP contribution in [0.3, 0.4) is 0 Å². The maximum atomic E-state index is 5.86. The van der Waals surface area contributed by atoms with Crippen LogP contribution in [0.4, 0.5) is 0 Å². The van der Waals surface area contributed by atoms with Crippen molar-refractivity contribution in [2.24, 2.45) is 0 Å². The molecule has 0 aliphatic carbocycles. The summed E-state index contributed by atoms with van der Waals surface area (Å²) in [6.07, 6.45) is 1.47. The second-order valence-electron chi connectivity index (χ2n) is 2.70. The fourth-order valence-electron chi connectivity index (χ4n) is 1.18. The molecule has 0 bridgehead atoms. The summed E-state index contributed by atoms with van der Waals surface area (Å²) in [4.78, 5) is 4.02. The average molecular weight is 228 g/mol. The molecule has 2 aromatic rings. The number of rotatable bonds is 2. The van der Waals surface area contributed by atoms with Crippen LogP contribution in [-0.4, -0.2) is 14.8 Å². The lowest BCUT2D eigenvalue weighted by Crippen LogP contribution is -2.00. The zero-order valence-electron chi connectivity index (χ0n) is 7.19. The Hall–Kier alpha value is -1.06. The molecule has 0 aliphatic heterocycles. The second kappa shape index (κ2) is 3.98. The lowest BCUT2D eigenvalue weighted by Gasteiger charge is -2.03. The van der Waals surface area contributed by atoms with E-state index < -0.39 is 0 Å². The van der Waals surface area contributed by atoms with Crippen molar-refractivity contribution in [1.82, 2.24) is 14.8 Å². The summed E-state index contributed by atoms with van der Waals surface area (Å²) in [5.74, 6) is 1.03. The average Bonchev–Trinajstić information content (AvgIpc) is 2.65. The largest absolute Gasteiger partial charge is 0.218 e. The Morgan fingerprint density at radius 3 is 2.93 bits per heavy atom. The molecule has 0 amide bonds. The minimum Gasteiger partial charge on any atom is -0.218 e. The van der Waals surface area contributed by atoms with Crippen molar-refractivity contribution in [3.8, 4) is 5.69 Å². The van der Waals surface area contributed by atoms with E-state index in [9.17, 15) is 0 Å². The first-order chi connectivity index (χ1) is 6.81. The van der Waals surface area contributed by atoms with Crippen molar-refractivity contribution >= 4 is 23.2 Å². The van der Waals surface area contributed by atoms with Crippen LogP contribution in [0, 0.1) is 0 Å². The Morgan fingerprint density at radius 2 is 2.21 bits per heavy atom. The van der Waals surface area contributed by atoms with E-state index in [1.807, 2.05) is 24.3 Å². The predicted molar refractivity (Wildman–Crippen MR) is 55.9 cm³/mol. The normalized spacial score (nSPS) is 10.4. The second-order valence-corrected chi connectivity index (χ2v) is 3.41. The van der Waals surface area contributed by atoms with Gasteiger partial charge in [0.1, 0.15) is 12.2 Å². The van der Waals surface area contributed by atoms with Gasteiger partial charge in [-0.3, -0.25) is 0 Å². The molecule has 0 radical (unpaired) electrons. The monoisotopic (exact) mass is 227 g/mol. The number of nitrogens with zero attached hydrogens (tertiary/aromatic N) is 3. The van der Waals surface area contributed by atoms with Gasteiger partial charge >= 0.3 is 0 Å². The van der Waals surface area contributed by atoms with Crippen molar-refractivity contribution in [1.29, 1.82) is 0 Å². The van der Waals surface area contributed by atoms with Gasteiger partial charge in [-0.1, -0.05) is 17.7 Å². The van der Waals surface area contributed by atoms with Crippen LogP contribution >= 0.6 is 23.2 Å². The predicted octanol–water partition coefficient (Wildman–Crippen LogP) is 2.66. The molecule has 0 N–H and O–H groups in total. The molecule has 2 rings (SSSR count). The highest BCUT2D eigenvalue weighted by Gasteiger charge is 2.04. The van der Waals surface area contributed by atoms with Crippen LogP contribution in [0.5, 0.6) is 0 Å². The van der Waals surface area contributed by atoms with E-state index in [0.29, 0.717) is 16.7 Å². The highest BCUT2D eigenvalue weighted by molar-refractivity contribution is 6.30. The van der Waals surface area contributed by atoms with Crippen LogP contribution in [0.1, 0.15) is 5.82 Å². The number of halogens is 2. The van der Waals surface area contributed by atoms with Crippen molar-refractivity contribution < 1.29 is 0 Å². The molecule has 0 saturated heterocycles. The van der Waals surface area contributed by atoms with Crippen LogP contribution in [-0.2, 0) is 5.88 Å². The van der Waals surface area contributed by atoms with E-state index in [1.54, 1.807) is 4.68 Å². The quantitative estimate of drug-likeness (QED) is 0.739. The number of alkyl halides is 1. The molecule has 5 heteroatoms. The van der Waals surface area contributed by atoms with E-state index in [0.717, 1.165) is 5.69 Å². The topological polar surface area (TPSA) is 30.7 Å². The molecule has 3 nitrogen and oxygen atoms in total. The highest BCUT2D eigenvalue weighted by atomic mass is 35.5. The van der Waals surface area contributed by atoms with Gasteiger partial charge in [0, 0.05) is 5.02 Å². The minimum absolute atomic E-state index is 0.326. The molecule has 1 heterocycles. The summed E-state index contributed by atoms with van der Waals surface area (Å²) in [6.45, 7) is 0. The van der Waals surface area contributed by atoms with Crippen molar-refractivity contribution in [2.45, 2.75) is 5.88 Å². The van der Waals surface area contributed by atoms with Gasteiger partial charge in [0.05, 0.1) is 11.6 Å². The molecule has 14 heavy (non-hydrogen) atoms. The van der Waals surface area contributed by atoms with E-state index in [1.165, 1.54) is 6.33 Å². The Balaban J connectivity index is 2.49. The van der Waals surface area contributed by atoms with Crippen LogP contribution in [0.2, 0.25) is 5.02 Å². The summed E-state index contributed by atoms with van der Waals surface area (Å²) in [6, 6.07) is 7.38. The Morgan fingerprint density at radius 1 is 1.36 bits per heavy atom. The minimum atomic E-state index is 0.326. The van der Waals surface area contributed by atoms with Crippen molar-refractivity contribution in [2.75, 3.05) is 0 Å². The van der Waals surface area contributed by atoms with Gasteiger partial charge in [-0.2, -0.15) is 5.10 Å². The van der Waals surface area contributed by atoms with Gasteiger partial charge in [0.15, 0.2) is 0 Å². The third kappa shape index (κ3) is 1.74. The molecular formula is C9H7Cl2N3. The molecule has 0 atom stereocenters. The van der Waals surface area contributed by atoms with Crippen LogP contribution in [0.25, 0.3) is 5.69 Å². The zero-order chi connectivity index (χ0) is 9.97. The van der Waals surface area contributed by atoms with Gasteiger partial charge in [-0.05, 0) is 18.2 Å². The van der Waals surface area contributed by atoms with E-state index >= 15 is 0 Å². The number of benzene rings is 1. The number of aromatic nitrogens is 3. The highest BCUT2D eigenvalue weighted by Crippen LogP contribution is 2.15. The summed E-state index contributed by atoms with van der Waals surface area (Å²) in [7, 11) is 0. The van der Waals surface area contributed by atoms with Gasteiger partial charge < -0.3 is 0 Å². The third-order valence-corrected chi connectivity index (χ3v) is 2.26. The fraction of sp³-hybridized carbons (Fsp3) is 0.111. The molecular weight excluding hydrogens is 221 g/mol. The lowest BCUT2D eigenvalue weighted by molar-refractivity contribution is 0.832. The fourth-order valence-corrected chi connectivity index (χ4v) is 1.55. The van der Waals surface area contributed by atoms with E-state index in [2.05, 4.69) is 10.1 Å². The SMILES string of the molecule is ClCc1ncnn1-c1cccc(Cl)c1. The molecule has 0 fully saturated rings. The Kier molecular flexibility index (Phi) is 2.70. The zero-order valence-corrected chi connectivity index (χ0v) is 8.70. The van der Waals surface area contributed by atoms with Crippen molar-refractivity contribution in [3.05, 3.63) is 41.4 Å². The molecule has 72 valence electrons. The Labute approximate surface area is 91.3 Å². The summed E-state index contributed by atoms with van der Waals surface area (Å²) >= 11 is 11.6. The molecule has 0 aliphatic rings. The maximum Gasteiger partial charge on any atom is 0.147 e. The van der Waals surface area contributed by atoms with Gasteiger partial charge in [-0.15, -0.1) is 11.6 Å². The van der Waals surface area contributed by atoms with Crippen molar-refractivity contribution in [3.63, 3.8) is 0 Å². The smallest absolute Gasteiger partial charge is 0.147 e. The molecule has 0 spiro atoms. The first-order valence-corrected chi connectivity index (χ1v) is 4.93. The number of hydrogen-bond acceptors (Lipinski definition) is 2. The number of hydrogen-bond donors (Lipinski definition) is 0. The first kappa shape index (κ1) is 9.49. The summed E-state index contributed by atoms with van der Waals surface area (Å²) in [5.41, 5.74) is 0.866. The third-order valence-electron chi connectivity index (χ3n) is 1.79. The maximum absolute atomic E-state index is 5.86. The molecule has 0 unspecified atom stereocenters. The summed E-state index contributed by atoms with van der Waals surface area (Å²) < 4.78 is 1.67. The summed E-state index contributed by atoms with van der Waals surface area (Å²) in [5, 5.41) is 4.73. The van der Waals surface area contributed by atoms with E-state index in [4.69, 9.17) is 23.2 Å². The first-order valence-electron chi connectivity index (χ1n) is 4.02. The van der Waals surface area contributed by atoms with Crippen LogP contribution < -0.4 is 0 Å². The lowest BCUT2D eigenvalue weighted by atomic mass is 10.3. The van der Waals surface area contributed by atoms with Gasteiger partial charge in [-0.25, -0.2) is 9.67 Å².